The quantitative estimate of drug-likeness (QED) is 0.356. The number of rotatable bonds is 7. The molecular formula is C26H23ClFN3O2. The van der Waals surface area contributed by atoms with Crippen molar-refractivity contribution in [3.05, 3.63) is 112 Å². The van der Waals surface area contributed by atoms with Gasteiger partial charge in [0.2, 0.25) is 0 Å². The molecule has 4 rings (SSSR count). The van der Waals surface area contributed by atoms with Crippen LogP contribution in [-0.2, 0) is 13.2 Å². The lowest BCUT2D eigenvalue weighted by molar-refractivity contribution is 0.102. The maximum absolute atomic E-state index is 14.0. The highest BCUT2D eigenvalue weighted by Gasteiger charge is 2.11. The van der Waals surface area contributed by atoms with Crippen LogP contribution in [0.3, 0.4) is 0 Å². The van der Waals surface area contributed by atoms with Gasteiger partial charge in [0.1, 0.15) is 18.2 Å². The van der Waals surface area contributed by atoms with Crippen LogP contribution in [0.1, 0.15) is 32.6 Å². The molecule has 0 atom stereocenters. The summed E-state index contributed by atoms with van der Waals surface area (Å²) in [4.78, 5) is 12.7. The average Bonchev–Trinajstić information content (AvgIpc) is 3.23. The number of hydrogen-bond acceptors (Lipinski definition) is 3. The molecule has 0 fully saturated rings. The SMILES string of the molecule is Cc1ccc(OCc2cccc(C(=O)Nc3cnn(Cc4c(F)cccc4Cl)c3)c2)c(C)c1. The lowest BCUT2D eigenvalue weighted by atomic mass is 10.1. The van der Waals surface area contributed by atoms with Crippen LogP contribution < -0.4 is 10.1 Å². The highest BCUT2D eigenvalue weighted by molar-refractivity contribution is 6.31. The summed E-state index contributed by atoms with van der Waals surface area (Å²) in [6, 6.07) is 17.8. The molecule has 3 aromatic carbocycles. The van der Waals surface area contributed by atoms with E-state index in [4.69, 9.17) is 16.3 Å². The molecule has 4 aromatic rings. The summed E-state index contributed by atoms with van der Waals surface area (Å²) in [5.41, 5.74) is 4.48. The highest BCUT2D eigenvalue weighted by Crippen LogP contribution is 2.22. The molecule has 0 saturated heterocycles. The van der Waals surface area contributed by atoms with E-state index in [2.05, 4.69) is 16.5 Å². The van der Waals surface area contributed by atoms with E-state index in [1.165, 1.54) is 22.5 Å². The second-order valence-electron chi connectivity index (χ2n) is 7.84. The highest BCUT2D eigenvalue weighted by atomic mass is 35.5. The molecule has 1 aromatic heterocycles. The largest absolute Gasteiger partial charge is 0.489 e. The number of carbonyl (C=O) groups is 1. The van der Waals surface area contributed by atoms with Crippen molar-refractivity contribution in [1.82, 2.24) is 9.78 Å². The van der Waals surface area contributed by atoms with Crippen molar-refractivity contribution in [3.63, 3.8) is 0 Å². The van der Waals surface area contributed by atoms with E-state index < -0.39 is 5.82 Å². The third kappa shape index (κ3) is 5.59. The number of amides is 1. The topological polar surface area (TPSA) is 56.1 Å². The summed E-state index contributed by atoms with van der Waals surface area (Å²) >= 11 is 6.08. The molecule has 0 unspecified atom stereocenters. The van der Waals surface area contributed by atoms with Gasteiger partial charge in [-0.25, -0.2) is 4.39 Å². The van der Waals surface area contributed by atoms with Crippen molar-refractivity contribution in [2.45, 2.75) is 27.0 Å². The minimum Gasteiger partial charge on any atom is -0.489 e. The van der Waals surface area contributed by atoms with Gasteiger partial charge < -0.3 is 10.1 Å². The van der Waals surface area contributed by atoms with Crippen LogP contribution in [0.5, 0.6) is 5.75 Å². The first kappa shape index (κ1) is 22.6. The van der Waals surface area contributed by atoms with Crippen LogP contribution >= 0.6 is 11.6 Å². The Morgan fingerprint density at radius 1 is 1.12 bits per heavy atom. The van der Waals surface area contributed by atoms with Gasteiger partial charge in [-0.3, -0.25) is 9.48 Å². The number of anilines is 1. The number of nitrogens with one attached hydrogen (secondary N) is 1. The molecule has 0 aliphatic heterocycles. The molecule has 0 aliphatic carbocycles. The first-order valence-electron chi connectivity index (χ1n) is 10.4. The van der Waals surface area contributed by atoms with Crippen LogP contribution in [0.25, 0.3) is 0 Å². The van der Waals surface area contributed by atoms with Crippen LogP contribution in [0, 0.1) is 19.7 Å². The Labute approximate surface area is 196 Å². The number of aromatic nitrogens is 2. The van der Waals surface area contributed by atoms with E-state index in [0.29, 0.717) is 28.4 Å². The number of carbonyl (C=O) groups excluding carboxylic acids is 1. The number of nitrogens with zero attached hydrogens (tertiary/aromatic N) is 2. The zero-order chi connectivity index (χ0) is 23.4. The fraction of sp³-hybridized carbons (Fsp3) is 0.154. The number of aryl methyl sites for hydroxylation is 2. The van der Waals surface area contributed by atoms with Gasteiger partial charge in [0.25, 0.3) is 5.91 Å². The third-order valence-electron chi connectivity index (χ3n) is 5.19. The minimum absolute atomic E-state index is 0.159. The van der Waals surface area contributed by atoms with E-state index in [0.717, 1.165) is 16.9 Å². The van der Waals surface area contributed by atoms with Crippen molar-refractivity contribution in [3.8, 4) is 5.75 Å². The lowest BCUT2D eigenvalue weighted by Gasteiger charge is -2.11. The summed E-state index contributed by atoms with van der Waals surface area (Å²) < 4.78 is 21.5. The molecule has 0 saturated carbocycles. The van der Waals surface area contributed by atoms with Crippen molar-refractivity contribution in [2.24, 2.45) is 0 Å². The molecule has 0 aliphatic rings. The van der Waals surface area contributed by atoms with Crippen LogP contribution in [-0.4, -0.2) is 15.7 Å². The normalized spacial score (nSPS) is 10.8. The van der Waals surface area contributed by atoms with Gasteiger partial charge in [-0.15, -0.1) is 0 Å². The van der Waals surface area contributed by atoms with Gasteiger partial charge in [-0.05, 0) is 55.3 Å². The van der Waals surface area contributed by atoms with Gasteiger partial charge >= 0.3 is 0 Å². The first-order valence-corrected chi connectivity index (χ1v) is 10.8. The van der Waals surface area contributed by atoms with Gasteiger partial charge in [-0.2, -0.15) is 5.10 Å². The second-order valence-corrected chi connectivity index (χ2v) is 8.25. The van der Waals surface area contributed by atoms with Crippen molar-refractivity contribution >= 4 is 23.2 Å². The monoisotopic (exact) mass is 463 g/mol. The van der Waals surface area contributed by atoms with Crippen LogP contribution in [0.15, 0.2) is 73.1 Å². The van der Waals surface area contributed by atoms with Gasteiger partial charge in [-0.1, -0.05) is 47.5 Å². The Hall–Kier alpha value is -3.64. The molecule has 0 bridgehead atoms. The maximum Gasteiger partial charge on any atom is 0.255 e. The molecule has 7 heteroatoms. The van der Waals surface area contributed by atoms with Crippen LogP contribution in [0.2, 0.25) is 5.02 Å². The van der Waals surface area contributed by atoms with Gasteiger partial charge in [0, 0.05) is 22.3 Å². The van der Waals surface area contributed by atoms with Crippen molar-refractivity contribution in [2.75, 3.05) is 5.32 Å². The third-order valence-corrected chi connectivity index (χ3v) is 5.54. The summed E-state index contributed by atoms with van der Waals surface area (Å²) in [5, 5.41) is 7.34. The van der Waals surface area contributed by atoms with Gasteiger partial charge in [0.05, 0.1) is 18.4 Å². The molecular weight excluding hydrogens is 441 g/mol. The van der Waals surface area contributed by atoms with Crippen molar-refractivity contribution < 1.29 is 13.9 Å². The number of benzene rings is 3. The number of ether oxygens (including phenoxy) is 1. The second kappa shape index (κ2) is 9.88. The van der Waals surface area contributed by atoms with E-state index >= 15 is 0 Å². The molecule has 1 heterocycles. The standard InChI is InChI=1S/C26H23ClFN3O2/c1-17-9-10-25(18(2)11-17)33-16-19-5-3-6-20(12-19)26(32)30-21-13-29-31(14-21)15-22-23(27)7-4-8-24(22)28/h3-14H,15-16H2,1-2H3,(H,30,32). The van der Waals surface area contributed by atoms with Crippen molar-refractivity contribution in [1.29, 1.82) is 0 Å². The Bertz CT molecular complexity index is 1280. The van der Waals surface area contributed by atoms with E-state index in [1.807, 2.05) is 38.1 Å². The average molecular weight is 464 g/mol. The zero-order valence-electron chi connectivity index (χ0n) is 18.3. The lowest BCUT2D eigenvalue weighted by Crippen LogP contribution is -2.12. The van der Waals surface area contributed by atoms with Gasteiger partial charge in [0.15, 0.2) is 0 Å². The number of hydrogen-bond donors (Lipinski definition) is 1. The number of halogens is 2. The Kier molecular flexibility index (Phi) is 6.75. The maximum atomic E-state index is 14.0. The predicted molar refractivity (Wildman–Crippen MR) is 127 cm³/mol. The summed E-state index contributed by atoms with van der Waals surface area (Å²) in [7, 11) is 0. The van der Waals surface area contributed by atoms with Crippen LogP contribution in [0.4, 0.5) is 10.1 Å². The molecule has 0 radical (unpaired) electrons. The molecule has 5 nitrogen and oxygen atoms in total. The summed E-state index contributed by atoms with van der Waals surface area (Å²) in [5.74, 6) is 0.146. The van der Waals surface area contributed by atoms with E-state index in [9.17, 15) is 9.18 Å². The Morgan fingerprint density at radius 3 is 2.73 bits per heavy atom. The Balaban J connectivity index is 1.40. The summed E-state index contributed by atoms with van der Waals surface area (Å²) in [6.07, 6.45) is 3.15. The zero-order valence-corrected chi connectivity index (χ0v) is 19.1. The predicted octanol–water partition coefficient (Wildman–Crippen LogP) is 6.17. The fourth-order valence-electron chi connectivity index (χ4n) is 3.49. The molecule has 1 N–H and O–H groups in total. The molecule has 0 spiro atoms. The Morgan fingerprint density at radius 2 is 1.94 bits per heavy atom. The molecule has 168 valence electrons. The first-order chi connectivity index (χ1) is 15.9. The minimum atomic E-state index is -0.400. The fourth-order valence-corrected chi connectivity index (χ4v) is 3.71. The van der Waals surface area contributed by atoms with E-state index in [-0.39, 0.29) is 12.5 Å². The smallest absolute Gasteiger partial charge is 0.255 e. The molecule has 33 heavy (non-hydrogen) atoms. The van der Waals surface area contributed by atoms with E-state index in [1.54, 1.807) is 30.5 Å². The summed E-state index contributed by atoms with van der Waals surface area (Å²) in [6.45, 7) is 4.56. The molecule has 1 amide bonds.